The molecule has 2 amide bonds. The molecule has 0 aromatic carbocycles. The van der Waals surface area contributed by atoms with Gasteiger partial charge in [0.05, 0.1) is 0 Å². The van der Waals surface area contributed by atoms with Crippen LogP contribution in [0.4, 0.5) is 0 Å². The summed E-state index contributed by atoms with van der Waals surface area (Å²) in [6.45, 7) is 4.53. The topological polar surface area (TPSA) is 58.2 Å². The molecule has 4 nitrogen and oxygen atoms in total. The summed E-state index contributed by atoms with van der Waals surface area (Å²) in [6.07, 6.45) is 1.74. The second-order valence-corrected chi connectivity index (χ2v) is 2.82. The average Bonchev–Trinajstić information content (AvgIpc) is 2.47. The minimum atomic E-state index is -0.186. The van der Waals surface area contributed by atoms with Crippen LogP contribution in [0.25, 0.3) is 0 Å². The standard InChI is InChI=1S/C8H12N2O2/c1-2-7(11)9-4-6-3-8(12)10-5-6/h2,6H,1,3-5H2,(H,9,11)(H,10,12). The van der Waals surface area contributed by atoms with Gasteiger partial charge in [0.2, 0.25) is 11.8 Å². The Labute approximate surface area is 71.0 Å². The molecule has 0 radical (unpaired) electrons. The smallest absolute Gasteiger partial charge is 0.243 e. The highest BCUT2D eigenvalue weighted by Crippen LogP contribution is 2.06. The van der Waals surface area contributed by atoms with Gasteiger partial charge in [-0.05, 0) is 6.08 Å². The highest BCUT2D eigenvalue weighted by Gasteiger charge is 2.20. The van der Waals surface area contributed by atoms with E-state index in [1.54, 1.807) is 0 Å². The van der Waals surface area contributed by atoms with E-state index in [4.69, 9.17) is 0 Å². The van der Waals surface area contributed by atoms with Crippen LogP contribution in [0.3, 0.4) is 0 Å². The van der Waals surface area contributed by atoms with Gasteiger partial charge in [0.15, 0.2) is 0 Å². The zero-order valence-electron chi connectivity index (χ0n) is 6.80. The highest BCUT2D eigenvalue weighted by atomic mass is 16.2. The molecule has 1 atom stereocenters. The lowest BCUT2D eigenvalue weighted by Gasteiger charge is -2.06. The highest BCUT2D eigenvalue weighted by molar-refractivity contribution is 5.87. The molecule has 1 aliphatic rings. The van der Waals surface area contributed by atoms with Crippen LogP contribution in [0.2, 0.25) is 0 Å². The zero-order valence-corrected chi connectivity index (χ0v) is 6.80. The van der Waals surface area contributed by atoms with E-state index >= 15 is 0 Å². The van der Waals surface area contributed by atoms with Crippen LogP contribution in [-0.2, 0) is 9.59 Å². The predicted molar refractivity (Wildman–Crippen MR) is 44.3 cm³/mol. The lowest BCUT2D eigenvalue weighted by Crippen LogP contribution is -2.28. The first-order valence-electron chi connectivity index (χ1n) is 3.89. The lowest BCUT2D eigenvalue weighted by atomic mass is 10.1. The zero-order chi connectivity index (χ0) is 8.97. The second-order valence-electron chi connectivity index (χ2n) is 2.82. The van der Waals surface area contributed by atoms with Crippen LogP contribution in [0, 0.1) is 5.92 Å². The van der Waals surface area contributed by atoms with Gasteiger partial charge in [0, 0.05) is 25.4 Å². The van der Waals surface area contributed by atoms with E-state index in [9.17, 15) is 9.59 Å². The molecule has 1 fully saturated rings. The number of rotatable bonds is 3. The Morgan fingerprint density at radius 1 is 1.83 bits per heavy atom. The maximum absolute atomic E-state index is 10.7. The molecule has 0 bridgehead atoms. The van der Waals surface area contributed by atoms with Crippen molar-refractivity contribution in [1.82, 2.24) is 10.6 Å². The number of carbonyl (C=O) groups excluding carboxylic acids is 2. The van der Waals surface area contributed by atoms with E-state index in [-0.39, 0.29) is 17.7 Å². The van der Waals surface area contributed by atoms with Crippen molar-refractivity contribution >= 4 is 11.8 Å². The lowest BCUT2D eigenvalue weighted by molar-refractivity contribution is -0.120. The minimum absolute atomic E-state index is 0.0628. The Hall–Kier alpha value is -1.32. The van der Waals surface area contributed by atoms with E-state index in [0.717, 1.165) is 0 Å². The van der Waals surface area contributed by atoms with E-state index in [1.807, 2.05) is 0 Å². The molecule has 0 aliphatic carbocycles. The van der Waals surface area contributed by atoms with E-state index in [0.29, 0.717) is 19.5 Å². The Balaban J connectivity index is 2.20. The van der Waals surface area contributed by atoms with E-state index in [2.05, 4.69) is 17.2 Å². The van der Waals surface area contributed by atoms with Crippen LogP contribution in [0.1, 0.15) is 6.42 Å². The first kappa shape index (κ1) is 8.77. The average molecular weight is 168 g/mol. The molecule has 0 spiro atoms. The summed E-state index contributed by atoms with van der Waals surface area (Å²) >= 11 is 0. The minimum Gasteiger partial charge on any atom is -0.356 e. The SMILES string of the molecule is C=CC(=O)NCC1CNC(=O)C1. The van der Waals surface area contributed by atoms with Crippen LogP contribution in [-0.4, -0.2) is 24.9 Å². The number of amides is 2. The van der Waals surface area contributed by atoms with Gasteiger partial charge in [-0.2, -0.15) is 0 Å². The van der Waals surface area contributed by atoms with Gasteiger partial charge in [-0.15, -0.1) is 0 Å². The molecule has 1 rings (SSSR count). The Morgan fingerprint density at radius 3 is 3.08 bits per heavy atom. The second kappa shape index (κ2) is 3.90. The first-order valence-corrected chi connectivity index (χ1v) is 3.89. The Kier molecular flexibility index (Phi) is 2.85. The molecule has 0 saturated carbocycles. The molecule has 2 N–H and O–H groups in total. The number of hydrogen-bond acceptors (Lipinski definition) is 2. The molecule has 1 aliphatic heterocycles. The van der Waals surface area contributed by atoms with Crippen LogP contribution < -0.4 is 10.6 Å². The molecule has 0 aromatic heterocycles. The van der Waals surface area contributed by atoms with Crippen LogP contribution in [0.5, 0.6) is 0 Å². The van der Waals surface area contributed by atoms with Gasteiger partial charge in [-0.25, -0.2) is 0 Å². The molecule has 12 heavy (non-hydrogen) atoms. The van der Waals surface area contributed by atoms with Gasteiger partial charge in [0.1, 0.15) is 0 Å². The van der Waals surface area contributed by atoms with Crippen molar-refractivity contribution in [3.8, 4) is 0 Å². The Morgan fingerprint density at radius 2 is 2.58 bits per heavy atom. The normalized spacial score (nSPS) is 21.7. The Bertz CT molecular complexity index is 213. The number of nitrogens with one attached hydrogen (secondary N) is 2. The number of carbonyl (C=O) groups is 2. The molecular formula is C8H12N2O2. The maximum Gasteiger partial charge on any atom is 0.243 e. The monoisotopic (exact) mass is 168 g/mol. The van der Waals surface area contributed by atoms with Crippen molar-refractivity contribution in [2.45, 2.75) is 6.42 Å². The van der Waals surface area contributed by atoms with Gasteiger partial charge >= 0.3 is 0 Å². The fraction of sp³-hybridized carbons (Fsp3) is 0.500. The quantitative estimate of drug-likeness (QED) is 0.554. The predicted octanol–water partition coefficient (Wildman–Crippen LogP) is -0.575. The summed E-state index contributed by atoms with van der Waals surface area (Å²) in [4.78, 5) is 21.4. The third-order valence-electron chi connectivity index (χ3n) is 1.81. The molecule has 0 aromatic rings. The van der Waals surface area contributed by atoms with E-state index in [1.165, 1.54) is 6.08 Å². The number of hydrogen-bond donors (Lipinski definition) is 2. The largest absolute Gasteiger partial charge is 0.356 e. The fourth-order valence-corrected chi connectivity index (χ4v) is 1.13. The van der Waals surface area contributed by atoms with Crippen molar-refractivity contribution in [1.29, 1.82) is 0 Å². The first-order chi connectivity index (χ1) is 5.72. The summed E-state index contributed by atoms with van der Waals surface area (Å²) in [5, 5.41) is 5.34. The van der Waals surface area contributed by atoms with Gasteiger partial charge in [0.25, 0.3) is 0 Å². The fourth-order valence-electron chi connectivity index (χ4n) is 1.13. The van der Waals surface area contributed by atoms with Crippen LogP contribution >= 0.6 is 0 Å². The third-order valence-corrected chi connectivity index (χ3v) is 1.81. The molecule has 1 unspecified atom stereocenters. The van der Waals surface area contributed by atoms with Crippen LogP contribution in [0.15, 0.2) is 12.7 Å². The van der Waals surface area contributed by atoms with Gasteiger partial charge < -0.3 is 10.6 Å². The summed E-state index contributed by atoms with van der Waals surface area (Å²) in [5.41, 5.74) is 0. The molecule has 66 valence electrons. The van der Waals surface area contributed by atoms with Crippen molar-refractivity contribution in [3.05, 3.63) is 12.7 Å². The summed E-state index contributed by atoms with van der Waals surface area (Å²) < 4.78 is 0. The maximum atomic E-state index is 10.7. The van der Waals surface area contributed by atoms with Crippen molar-refractivity contribution in [2.75, 3.05) is 13.1 Å². The third kappa shape index (κ3) is 2.38. The van der Waals surface area contributed by atoms with Gasteiger partial charge in [-0.3, -0.25) is 9.59 Å². The van der Waals surface area contributed by atoms with E-state index < -0.39 is 0 Å². The molecule has 4 heteroatoms. The molecule has 1 heterocycles. The summed E-state index contributed by atoms with van der Waals surface area (Å²) in [6, 6.07) is 0. The van der Waals surface area contributed by atoms with Crippen molar-refractivity contribution in [2.24, 2.45) is 5.92 Å². The summed E-state index contributed by atoms with van der Waals surface area (Å²) in [5.74, 6) is 0.114. The molecular weight excluding hydrogens is 156 g/mol. The van der Waals surface area contributed by atoms with Crippen molar-refractivity contribution < 1.29 is 9.59 Å². The molecule has 1 saturated heterocycles. The summed E-state index contributed by atoms with van der Waals surface area (Å²) in [7, 11) is 0. The van der Waals surface area contributed by atoms with Crippen molar-refractivity contribution in [3.63, 3.8) is 0 Å². The van der Waals surface area contributed by atoms with Gasteiger partial charge in [-0.1, -0.05) is 6.58 Å².